The molecule has 1 fully saturated rings. The van der Waals surface area contributed by atoms with E-state index in [4.69, 9.17) is 5.11 Å². The van der Waals surface area contributed by atoms with Crippen molar-refractivity contribution in [1.82, 2.24) is 5.32 Å². The maximum Gasteiger partial charge on any atom is 0.304 e. The number of carbonyl (C=O) groups excluding carboxylic acids is 1. The molecule has 19 heavy (non-hydrogen) atoms. The molecule has 1 saturated heterocycles. The van der Waals surface area contributed by atoms with Crippen molar-refractivity contribution in [2.24, 2.45) is 0 Å². The molecule has 1 aromatic rings. The summed E-state index contributed by atoms with van der Waals surface area (Å²) in [6.07, 6.45) is 0.0225. The van der Waals surface area contributed by atoms with Crippen LogP contribution in [0.5, 0.6) is 0 Å². The summed E-state index contributed by atoms with van der Waals surface area (Å²) in [4.78, 5) is 24.5. The van der Waals surface area contributed by atoms with Crippen LogP contribution in [0.25, 0.3) is 0 Å². The molecule has 1 atom stereocenters. The SMILES string of the molecule is Cc1ccc(C)c(N2CC(CC(=O)O)NCC2=O)c1. The van der Waals surface area contributed by atoms with Crippen LogP contribution >= 0.6 is 0 Å². The van der Waals surface area contributed by atoms with E-state index in [1.54, 1.807) is 4.90 Å². The van der Waals surface area contributed by atoms with Gasteiger partial charge in [0, 0.05) is 18.3 Å². The highest BCUT2D eigenvalue weighted by atomic mass is 16.4. The van der Waals surface area contributed by atoms with Gasteiger partial charge in [-0.2, -0.15) is 0 Å². The maximum atomic E-state index is 12.0. The Morgan fingerprint density at radius 3 is 2.89 bits per heavy atom. The second kappa shape index (κ2) is 5.40. The Kier molecular flexibility index (Phi) is 3.85. The third-order valence-corrected chi connectivity index (χ3v) is 3.32. The van der Waals surface area contributed by atoms with E-state index >= 15 is 0 Å². The highest BCUT2D eigenvalue weighted by Gasteiger charge is 2.28. The van der Waals surface area contributed by atoms with Crippen LogP contribution < -0.4 is 10.2 Å². The normalized spacial score (nSPS) is 19.6. The second-order valence-corrected chi connectivity index (χ2v) is 4.97. The number of carboxylic acids is 1. The maximum absolute atomic E-state index is 12.0. The molecule has 1 unspecified atom stereocenters. The zero-order chi connectivity index (χ0) is 14.0. The Morgan fingerprint density at radius 2 is 2.21 bits per heavy atom. The summed E-state index contributed by atoms with van der Waals surface area (Å²) in [6, 6.07) is 5.75. The molecule has 0 saturated carbocycles. The number of rotatable bonds is 3. The van der Waals surface area contributed by atoms with Gasteiger partial charge in [0.15, 0.2) is 0 Å². The van der Waals surface area contributed by atoms with E-state index in [0.717, 1.165) is 16.8 Å². The van der Waals surface area contributed by atoms with Gasteiger partial charge < -0.3 is 15.3 Å². The van der Waals surface area contributed by atoms with Crippen LogP contribution in [0.3, 0.4) is 0 Å². The number of nitrogens with one attached hydrogen (secondary N) is 1. The molecule has 2 rings (SSSR count). The van der Waals surface area contributed by atoms with Crippen LogP contribution in [0.2, 0.25) is 0 Å². The lowest BCUT2D eigenvalue weighted by atomic mass is 10.1. The number of carboxylic acid groups (broad SMARTS) is 1. The molecule has 0 aromatic heterocycles. The average Bonchev–Trinajstić information content (AvgIpc) is 2.34. The van der Waals surface area contributed by atoms with Crippen molar-refractivity contribution in [3.8, 4) is 0 Å². The van der Waals surface area contributed by atoms with Crippen molar-refractivity contribution in [1.29, 1.82) is 0 Å². The number of aryl methyl sites for hydroxylation is 2. The number of amides is 1. The predicted octanol–water partition coefficient (Wildman–Crippen LogP) is 1.08. The summed E-state index contributed by atoms with van der Waals surface area (Å²) < 4.78 is 0. The highest BCUT2D eigenvalue weighted by Crippen LogP contribution is 2.23. The molecule has 102 valence electrons. The average molecular weight is 262 g/mol. The third kappa shape index (κ3) is 3.12. The number of nitrogens with zero attached hydrogens (tertiary/aromatic N) is 1. The quantitative estimate of drug-likeness (QED) is 0.855. The Morgan fingerprint density at radius 1 is 1.47 bits per heavy atom. The van der Waals surface area contributed by atoms with Gasteiger partial charge >= 0.3 is 5.97 Å². The Bertz CT molecular complexity index is 513. The molecule has 0 bridgehead atoms. The monoisotopic (exact) mass is 262 g/mol. The zero-order valence-electron chi connectivity index (χ0n) is 11.1. The van der Waals surface area contributed by atoms with Gasteiger partial charge in [0.2, 0.25) is 5.91 Å². The van der Waals surface area contributed by atoms with Gasteiger partial charge in [-0.15, -0.1) is 0 Å². The molecule has 1 aliphatic rings. The van der Waals surface area contributed by atoms with E-state index in [1.807, 2.05) is 32.0 Å². The van der Waals surface area contributed by atoms with E-state index in [0.29, 0.717) is 6.54 Å². The summed E-state index contributed by atoms with van der Waals surface area (Å²) >= 11 is 0. The largest absolute Gasteiger partial charge is 0.481 e. The van der Waals surface area contributed by atoms with Crippen molar-refractivity contribution in [3.63, 3.8) is 0 Å². The molecule has 1 amide bonds. The number of anilines is 1. The molecule has 1 heterocycles. The Hall–Kier alpha value is -1.88. The van der Waals surface area contributed by atoms with Gasteiger partial charge in [-0.25, -0.2) is 0 Å². The van der Waals surface area contributed by atoms with Crippen LogP contribution in [0, 0.1) is 13.8 Å². The minimum absolute atomic E-state index is 0.0182. The molecule has 5 nitrogen and oxygen atoms in total. The van der Waals surface area contributed by atoms with E-state index in [2.05, 4.69) is 5.32 Å². The first-order chi connectivity index (χ1) is 8.97. The fourth-order valence-corrected chi connectivity index (χ4v) is 2.30. The van der Waals surface area contributed by atoms with Gasteiger partial charge in [-0.05, 0) is 31.0 Å². The van der Waals surface area contributed by atoms with Crippen LogP contribution in [-0.4, -0.2) is 36.1 Å². The minimum Gasteiger partial charge on any atom is -0.481 e. The van der Waals surface area contributed by atoms with Gasteiger partial charge in [0.25, 0.3) is 0 Å². The number of piperazine rings is 1. The van der Waals surface area contributed by atoms with Gasteiger partial charge in [-0.1, -0.05) is 12.1 Å². The fourth-order valence-electron chi connectivity index (χ4n) is 2.30. The van der Waals surface area contributed by atoms with E-state index in [1.165, 1.54) is 0 Å². The van der Waals surface area contributed by atoms with Crippen molar-refractivity contribution in [2.75, 3.05) is 18.0 Å². The van der Waals surface area contributed by atoms with Crippen LogP contribution in [-0.2, 0) is 9.59 Å². The standard InChI is InChI=1S/C14H18N2O3/c1-9-3-4-10(2)12(5-9)16-8-11(6-14(18)19)15-7-13(16)17/h3-5,11,15H,6-8H2,1-2H3,(H,18,19). The lowest BCUT2D eigenvalue weighted by Crippen LogP contribution is -2.55. The van der Waals surface area contributed by atoms with Gasteiger partial charge in [0.05, 0.1) is 13.0 Å². The number of carbonyl (C=O) groups is 2. The smallest absolute Gasteiger partial charge is 0.304 e. The van der Waals surface area contributed by atoms with Crippen LogP contribution in [0.4, 0.5) is 5.69 Å². The fraction of sp³-hybridized carbons (Fsp3) is 0.429. The first-order valence-electron chi connectivity index (χ1n) is 6.30. The molecule has 2 N–H and O–H groups in total. The molecular weight excluding hydrogens is 244 g/mol. The van der Waals surface area contributed by atoms with E-state index in [9.17, 15) is 9.59 Å². The Labute approximate surface area is 112 Å². The van der Waals surface area contributed by atoms with Crippen molar-refractivity contribution in [3.05, 3.63) is 29.3 Å². The summed E-state index contributed by atoms with van der Waals surface area (Å²) in [5.74, 6) is -0.872. The molecule has 0 spiro atoms. The molecular formula is C14H18N2O3. The first kappa shape index (κ1) is 13.5. The predicted molar refractivity (Wildman–Crippen MR) is 72.3 cm³/mol. The number of hydrogen-bond acceptors (Lipinski definition) is 3. The zero-order valence-corrected chi connectivity index (χ0v) is 11.1. The molecule has 1 aliphatic heterocycles. The lowest BCUT2D eigenvalue weighted by Gasteiger charge is -2.34. The second-order valence-electron chi connectivity index (χ2n) is 4.97. The number of aliphatic carboxylic acids is 1. The molecule has 0 aliphatic carbocycles. The van der Waals surface area contributed by atoms with Crippen molar-refractivity contribution >= 4 is 17.6 Å². The third-order valence-electron chi connectivity index (χ3n) is 3.32. The topological polar surface area (TPSA) is 69.6 Å². The summed E-state index contributed by atoms with van der Waals surface area (Å²) in [5.41, 5.74) is 2.98. The number of hydrogen-bond donors (Lipinski definition) is 2. The molecule has 1 aromatic carbocycles. The minimum atomic E-state index is -0.854. The lowest BCUT2D eigenvalue weighted by molar-refractivity contribution is -0.138. The summed E-state index contributed by atoms with van der Waals surface area (Å²) in [6.45, 7) is 4.52. The van der Waals surface area contributed by atoms with Crippen molar-refractivity contribution in [2.45, 2.75) is 26.3 Å². The Balaban J connectivity index is 2.23. The van der Waals surface area contributed by atoms with Crippen LogP contribution in [0.1, 0.15) is 17.5 Å². The van der Waals surface area contributed by atoms with E-state index < -0.39 is 5.97 Å². The highest BCUT2D eigenvalue weighted by molar-refractivity contribution is 5.96. The van der Waals surface area contributed by atoms with E-state index in [-0.39, 0.29) is 24.9 Å². The van der Waals surface area contributed by atoms with Crippen LogP contribution in [0.15, 0.2) is 18.2 Å². The van der Waals surface area contributed by atoms with Gasteiger partial charge in [-0.3, -0.25) is 9.59 Å². The number of benzene rings is 1. The van der Waals surface area contributed by atoms with Gasteiger partial charge in [0.1, 0.15) is 0 Å². The van der Waals surface area contributed by atoms with Crippen molar-refractivity contribution < 1.29 is 14.7 Å². The summed E-state index contributed by atoms with van der Waals surface area (Å²) in [7, 11) is 0. The first-order valence-corrected chi connectivity index (χ1v) is 6.30. The molecule has 0 radical (unpaired) electrons. The molecule has 5 heteroatoms. The summed E-state index contributed by atoms with van der Waals surface area (Å²) in [5, 5.41) is 11.8.